The van der Waals surface area contributed by atoms with Crippen molar-refractivity contribution in [2.75, 3.05) is 26.2 Å². The zero-order valence-electron chi connectivity index (χ0n) is 19.0. The molecule has 11 heteroatoms. The van der Waals surface area contributed by atoms with Crippen molar-refractivity contribution in [1.82, 2.24) is 24.5 Å². The van der Waals surface area contributed by atoms with E-state index in [4.69, 9.17) is 10.5 Å². The molecule has 2 atom stereocenters. The molecule has 184 valence electrons. The lowest BCUT2D eigenvalue weighted by Gasteiger charge is -2.30. The van der Waals surface area contributed by atoms with Gasteiger partial charge in [0.1, 0.15) is 11.7 Å². The van der Waals surface area contributed by atoms with E-state index in [1.54, 1.807) is 19.1 Å². The van der Waals surface area contributed by atoms with Crippen molar-refractivity contribution >= 4 is 16.6 Å². The van der Waals surface area contributed by atoms with Gasteiger partial charge in [0, 0.05) is 24.2 Å². The van der Waals surface area contributed by atoms with Crippen molar-refractivity contribution in [3.63, 3.8) is 0 Å². The zero-order chi connectivity index (χ0) is 24.7. The molecular weight excluding hydrogens is 464 g/mol. The molecule has 0 radical (unpaired) electrons. The Hall–Kier alpha value is -3.31. The molecule has 0 spiro atoms. The van der Waals surface area contributed by atoms with Crippen molar-refractivity contribution < 1.29 is 22.3 Å². The van der Waals surface area contributed by atoms with E-state index in [1.807, 2.05) is 0 Å². The fourth-order valence-corrected chi connectivity index (χ4v) is 4.65. The minimum atomic E-state index is -4.47. The Balaban J connectivity index is 1.57. The Labute approximate surface area is 198 Å². The first-order valence-corrected chi connectivity index (χ1v) is 11.4. The molecule has 1 fully saturated rings. The molecule has 1 aliphatic rings. The van der Waals surface area contributed by atoms with Gasteiger partial charge in [0.25, 0.3) is 0 Å². The van der Waals surface area contributed by atoms with Crippen LogP contribution in [0, 0.1) is 11.7 Å². The van der Waals surface area contributed by atoms with Crippen LogP contribution in [0.25, 0.3) is 28.1 Å². The van der Waals surface area contributed by atoms with Crippen molar-refractivity contribution in [1.29, 1.82) is 0 Å². The van der Waals surface area contributed by atoms with Crippen molar-refractivity contribution in [3.8, 4) is 17.3 Å². The van der Waals surface area contributed by atoms with Gasteiger partial charge >= 0.3 is 6.18 Å². The van der Waals surface area contributed by atoms with E-state index in [0.717, 1.165) is 0 Å². The maximum Gasteiger partial charge on any atom is 0.408 e. The molecule has 0 aliphatic carbocycles. The van der Waals surface area contributed by atoms with Crippen LogP contribution in [0.1, 0.15) is 24.9 Å². The lowest BCUT2D eigenvalue weighted by molar-refractivity contribution is -0.184. The predicted octanol–water partition coefficient (Wildman–Crippen LogP) is 4.37. The summed E-state index contributed by atoms with van der Waals surface area (Å²) in [5.41, 5.74) is 7.04. The van der Waals surface area contributed by atoms with Crippen LogP contribution in [0.2, 0.25) is 0 Å². The number of ether oxygens (including phenoxy) is 1. The fourth-order valence-electron chi connectivity index (χ4n) is 4.65. The van der Waals surface area contributed by atoms with Crippen LogP contribution in [0.3, 0.4) is 0 Å². The molecule has 1 aliphatic heterocycles. The third kappa shape index (κ3) is 4.41. The largest absolute Gasteiger partial charge is 0.491 e. The Bertz CT molecular complexity index is 1370. The average molecular weight is 488 g/mol. The van der Waals surface area contributed by atoms with Crippen LogP contribution >= 0.6 is 0 Å². The monoisotopic (exact) mass is 488 g/mol. The lowest BCUT2D eigenvalue weighted by atomic mass is 10.1. The number of nitrogens with zero attached hydrogens (tertiary/aromatic N) is 5. The second-order valence-corrected chi connectivity index (χ2v) is 8.65. The highest BCUT2D eigenvalue weighted by molar-refractivity contribution is 5.82. The Morgan fingerprint density at radius 3 is 2.71 bits per heavy atom. The van der Waals surface area contributed by atoms with Gasteiger partial charge in [0.15, 0.2) is 23.0 Å². The summed E-state index contributed by atoms with van der Waals surface area (Å²) in [7, 11) is 0. The SMILES string of the molecule is CCOc1cc2nc(-c3nnc4ccc([C@@H](N5CC[C@H](CN)C5)C(F)(F)F)cn34)ccc2cc1F. The van der Waals surface area contributed by atoms with Crippen LogP contribution in [0.4, 0.5) is 17.6 Å². The minimum Gasteiger partial charge on any atom is -0.491 e. The van der Waals surface area contributed by atoms with Gasteiger partial charge in [0.2, 0.25) is 0 Å². The Kier molecular flexibility index (Phi) is 6.06. The summed E-state index contributed by atoms with van der Waals surface area (Å²) < 4.78 is 63.6. The van der Waals surface area contributed by atoms with Gasteiger partial charge in [-0.25, -0.2) is 9.37 Å². The summed E-state index contributed by atoms with van der Waals surface area (Å²) in [6, 6.07) is 7.33. The van der Waals surface area contributed by atoms with Gasteiger partial charge < -0.3 is 10.5 Å². The van der Waals surface area contributed by atoms with E-state index in [9.17, 15) is 17.6 Å². The number of aromatic nitrogens is 4. The van der Waals surface area contributed by atoms with Crippen molar-refractivity contribution in [2.45, 2.75) is 25.6 Å². The summed E-state index contributed by atoms with van der Waals surface area (Å²) >= 11 is 0. The van der Waals surface area contributed by atoms with E-state index in [2.05, 4.69) is 15.2 Å². The molecule has 0 saturated carbocycles. The number of alkyl halides is 3. The molecule has 3 aromatic heterocycles. The number of fused-ring (bicyclic) bond motifs is 2. The second-order valence-electron chi connectivity index (χ2n) is 8.65. The molecule has 5 rings (SSSR count). The lowest BCUT2D eigenvalue weighted by Crippen LogP contribution is -2.37. The molecule has 2 N–H and O–H groups in total. The topological polar surface area (TPSA) is 81.6 Å². The van der Waals surface area contributed by atoms with E-state index in [0.29, 0.717) is 54.9 Å². The van der Waals surface area contributed by atoms with Crippen molar-refractivity contribution in [3.05, 3.63) is 54.0 Å². The van der Waals surface area contributed by atoms with Crippen molar-refractivity contribution in [2.24, 2.45) is 11.7 Å². The normalized spacial score (nSPS) is 17.9. The molecule has 0 unspecified atom stereocenters. The van der Waals surface area contributed by atoms with Crippen LogP contribution in [0.5, 0.6) is 5.75 Å². The number of hydrogen-bond donors (Lipinski definition) is 1. The number of nitrogens with two attached hydrogens (primary N) is 1. The molecule has 0 amide bonds. The van der Waals surface area contributed by atoms with Gasteiger partial charge in [-0.3, -0.25) is 9.30 Å². The quantitative estimate of drug-likeness (QED) is 0.406. The number of hydrogen-bond acceptors (Lipinski definition) is 6. The first-order chi connectivity index (χ1) is 16.8. The number of likely N-dealkylation sites (tertiary alicyclic amines) is 1. The van der Waals surface area contributed by atoms with Gasteiger partial charge in [0.05, 0.1) is 12.1 Å². The van der Waals surface area contributed by atoms with Gasteiger partial charge in [-0.15, -0.1) is 10.2 Å². The maximum atomic E-state index is 14.2. The molecule has 0 bridgehead atoms. The summed E-state index contributed by atoms with van der Waals surface area (Å²) in [6.45, 7) is 3.02. The van der Waals surface area contributed by atoms with Gasteiger partial charge in [-0.2, -0.15) is 13.2 Å². The fraction of sp³-hybridized carbons (Fsp3) is 0.375. The van der Waals surface area contributed by atoms with Crippen LogP contribution in [-0.4, -0.2) is 56.9 Å². The number of benzene rings is 1. The standard InChI is InChI=1S/C24H24F4N6O/c1-2-35-20-10-19-15(9-17(20)25)3-5-18(30-19)23-32-31-21-6-4-16(13-34(21)23)22(24(26,27)28)33-8-7-14(11-29)12-33/h3-6,9-10,13-14,22H,2,7-8,11-12,29H2,1H3/t14-,22-/m1/s1. The molecule has 35 heavy (non-hydrogen) atoms. The summed E-state index contributed by atoms with van der Waals surface area (Å²) in [4.78, 5) is 5.99. The second kappa shape index (κ2) is 9.04. The summed E-state index contributed by atoms with van der Waals surface area (Å²) in [5, 5.41) is 8.83. The van der Waals surface area contributed by atoms with E-state index in [-0.39, 0.29) is 23.1 Å². The smallest absolute Gasteiger partial charge is 0.408 e. The number of rotatable bonds is 6. The van der Waals surface area contributed by atoms with Gasteiger partial charge in [-0.05, 0) is 56.1 Å². The Morgan fingerprint density at radius 1 is 1.17 bits per heavy atom. The van der Waals surface area contributed by atoms with E-state index in [1.165, 1.54) is 39.8 Å². The zero-order valence-corrected chi connectivity index (χ0v) is 19.0. The third-order valence-corrected chi connectivity index (χ3v) is 6.34. The number of pyridine rings is 2. The molecule has 4 heterocycles. The first-order valence-electron chi connectivity index (χ1n) is 11.4. The minimum absolute atomic E-state index is 0.0438. The molecule has 7 nitrogen and oxygen atoms in total. The number of halogens is 4. The molecule has 1 saturated heterocycles. The molecule has 1 aromatic carbocycles. The highest BCUT2D eigenvalue weighted by Gasteiger charge is 2.46. The molecule has 4 aromatic rings. The van der Waals surface area contributed by atoms with Crippen LogP contribution < -0.4 is 10.5 Å². The van der Waals surface area contributed by atoms with E-state index >= 15 is 0 Å². The maximum absolute atomic E-state index is 14.2. The molecular formula is C24H24F4N6O. The highest BCUT2D eigenvalue weighted by atomic mass is 19.4. The summed E-state index contributed by atoms with van der Waals surface area (Å²) in [5.74, 6) is -0.0913. The van der Waals surface area contributed by atoms with E-state index < -0.39 is 18.0 Å². The summed E-state index contributed by atoms with van der Waals surface area (Å²) in [6.07, 6.45) is -2.42. The van der Waals surface area contributed by atoms with Gasteiger partial charge in [-0.1, -0.05) is 12.1 Å². The highest BCUT2D eigenvalue weighted by Crippen LogP contribution is 2.40. The Morgan fingerprint density at radius 2 is 2.00 bits per heavy atom. The average Bonchev–Trinajstić information content (AvgIpc) is 3.46. The predicted molar refractivity (Wildman–Crippen MR) is 122 cm³/mol. The van der Waals surface area contributed by atoms with Crippen LogP contribution in [-0.2, 0) is 0 Å². The third-order valence-electron chi connectivity index (χ3n) is 6.34. The first kappa shape index (κ1) is 23.4. The van der Waals surface area contributed by atoms with Crippen LogP contribution in [0.15, 0.2) is 42.6 Å².